The molecule has 0 spiro atoms. The van der Waals surface area contributed by atoms with Gasteiger partial charge in [-0.1, -0.05) is 67.0 Å². The van der Waals surface area contributed by atoms with Crippen molar-refractivity contribution in [3.63, 3.8) is 0 Å². The summed E-state index contributed by atoms with van der Waals surface area (Å²) < 4.78 is 0. The first-order chi connectivity index (χ1) is 13.1. The number of nitrogens with zero attached hydrogens (tertiary/aromatic N) is 1. The molecule has 0 aliphatic carbocycles. The van der Waals surface area contributed by atoms with Gasteiger partial charge < -0.3 is 16.0 Å². The molecule has 0 radical (unpaired) electrons. The minimum atomic E-state index is 0.0900. The third-order valence-corrected chi connectivity index (χ3v) is 4.64. The maximum Gasteiger partial charge on any atom is 0.170 e. The van der Waals surface area contributed by atoms with E-state index in [0.717, 1.165) is 47.1 Å². The number of nitrogens with two attached hydrogens (primary N) is 1. The highest BCUT2D eigenvalue weighted by Crippen LogP contribution is 2.37. The molecule has 0 amide bonds. The third-order valence-electron chi connectivity index (χ3n) is 4.64. The summed E-state index contributed by atoms with van der Waals surface area (Å²) >= 11 is 0. The first-order valence-electron chi connectivity index (χ1n) is 9.13. The Labute approximate surface area is 159 Å². The zero-order valence-electron chi connectivity index (χ0n) is 15.4. The highest BCUT2D eigenvalue weighted by Gasteiger charge is 2.17. The fourth-order valence-corrected chi connectivity index (χ4v) is 3.27. The second-order valence-corrected chi connectivity index (χ2v) is 6.57. The van der Waals surface area contributed by atoms with Crippen LogP contribution in [-0.4, -0.2) is 16.1 Å². The molecular formula is C23H24N2O2. The minimum Gasteiger partial charge on any atom is -0.508 e. The van der Waals surface area contributed by atoms with Crippen molar-refractivity contribution in [2.75, 3.05) is 0 Å². The van der Waals surface area contributed by atoms with E-state index in [0.29, 0.717) is 5.56 Å². The zero-order chi connectivity index (χ0) is 19.2. The van der Waals surface area contributed by atoms with Gasteiger partial charge in [-0.3, -0.25) is 0 Å². The number of aromatic hydroxyl groups is 1. The number of rotatable bonds is 6. The molecule has 0 unspecified atom stereocenters. The minimum absolute atomic E-state index is 0.0900. The van der Waals surface area contributed by atoms with Crippen LogP contribution in [0.2, 0.25) is 0 Å². The Bertz CT molecular complexity index is 933. The average Bonchev–Trinajstić information content (AvgIpc) is 2.72. The molecule has 0 aromatic heterocycles. The normalized spacial score (nSPS) is 11.5. The SMILES string of the molecule is CCCCc1cc(C(N)=NO)c(-c2ccccc2)c(-c2ccc(O)cc2)c1. The van der Waals surface area contributed by atoms with Crippen LogP contribution in [-0.2, 0) is 6.42 Å². The Morgan fingerprint density at radius 3 is 2.30 bits per heavy atom. The summed E-state index contributed by atoms with van der Waals surface area (Å²) in [4.78, 5) is 0. The van der Waals surface area contributed by atoms with E-state index in [1.54, 1.807) is 12.1 Å². The molecule has 4 heteroatoms. The van der Waals surface area contributed by atoms with Gasteiger partial charge in [-0.15, -0.1) is 0 Å². The first kappa shape index (κ1) is 18.5. The van der Waals surface area contributed by atoms with Gasteiger partial charge in [-0.05, 0) is 53.3 Å². The average molecular weight is 360 g/mol. The van der Waals surface area contributed by atoms with Crippen LogP contribution in [0, 0.1) is 0 Å². The summed E-state index contributed by atoms with van der Waals surface area (Å²) in [6.45, 7) is 2.16. The van der Waals surface area contributed by atoms with E-state index in [1.165, 1.54) is 0 Å². The van der Waals surface area contributed by atoms with Gasteiger partial charge in [0, 0.05) is 11.1 Å². The van der Waals surface area contributed by atoms with Gasteiger partial charge in [0.05, 0.1) is 0 Å². The molecule has 27 heavy (non-hydrogen) atoms. The summed E-state index contributed by atoms with van der Waals surface area (Å²) in [5.41, 5.74) is 11.8. The molecule has 3 aromatic rings. The number of phenolic OH excluding ortho intramolecular Hbond substituents is 1. The quantitative estimate of drug-likeness (QED) is 0.246. The molecule has 0 heterocycles. The summed E-state index contributed by atoms with van der Waals surface area (Å²) in [5, 5.41) is 22.3. The van der Waals surface area contributed by atoms with E-state index >= 15 is 0 Å². The standard InChI is InChI=1S/C23H24N2O2/c1-2-3-7-16-14-20(17-10-12-19(26)13-11-17)22(18-8-5-4-6-9-18)21(15-16)23(24)25-27/h4-6,8-15,26-27H,2-3,7H2,1H3,(H2,24,25). The summed E-state index contributed by atoms with van der Waals surface area (Å²) in [5.74, 6) is 0.311. The van der Waals surface area contributed by atoms with Crippen molar-refractivity contribution in [1.82, 2.24) is 0 Å². The molecular weight excluding hydrogens is 336 g/mol. The van der Waals surface area contributed by atoms with Crippen molar-refractivity contribution in [1.29, 1.82) is 0 Å². The molecule has 0 saturated carbocycles. The highest BCUT2D eigenvalue weighted by atomic mass is 16.4. The fraction of sp³-hybridized carbons (Fsp3) is 0.174. The largest absolute Gasteiger partial charge is 0.508 e. The van der Waals surface area contributed by atoms with E-state index in [9.17, 15) is 10.3 Å². The van der Waals surface area contributed by atoms with E-state index in [4.69, 9.17) is 5.73 Å². The Morgan fingerprint density at radius 1 is 0.963 bits per heavy atom. The molecule has 0 aliphatic rings. The molecule has 0 saturated heterocycles. The number of phenols is 1. The van der Waals surface area contributed by atoms with E-state index in [2.05, 4.69) is 18.1 Å². The van der Waals surface area contributed by atoms with E-state index in [1.807, 2.05) is 48.5 Å². The van der Waals surface area contributed by atoms with Gasteiger partial charge in [0.2, 0.25) is 0 Å². The first-order valence-corrected chi connectivity index (χ1v) is 9.13. The number of aryl methyl sites for hydroxylation is 1. The Balaban J connectivity index is 2.31. The molecule has 3 rings (SSSR count). The van der Waals surface area contributed by atoms with Crippen LogP contribution in [0.3, 0.4) is 0 Å². The maximum atomic E-state index is 9.67. The second-order valence-electron chi connectivity index (χ2n) is 6.57. The lowest BCUT2D eigenvalue weighted by atomic mass is 9.87. The van der Waals surface area contributed by atoms with E-state index < -0.39 is 0 Å². The van der Waals surface area contributed by atoms with Crippen molar-refractivity contribution in [3.05, 3.63) is 77.9 Å². The van der Waals surface area contributed by atoms with Crippen molar-refractivity contribution in [2.24, 2.45) is 10.9 Å². The lowest BCUT2D eigenvalue weighted by Crippen LogP contribution is -2.15. The molecule has 0 atom stereocenters. The monoisotopic (exact) mass is 360 g/mol. The van der Waals surface area contributed by atoms with Gasteiger partial charge in [-0.25, -0.2) is 0 Å². The van der Waals surface area contributed by atoms with Gasteiger partial charge in [0.15, 0.2) is 5.84 Å². The van der Waals surface area contributed by atoms with Crippen LogP contribution in [0.4, 0.5) is 0 Å². The molecule has 4 N–H and O–H groups in total. The van der Waals surface area contributed by atoms with Crippen LogP contribution < -0.4 is 5.73 Å². The number of oxime groups is 1. The van der Waals surface area contributed by atoms with Crippen LogP contribution in [0.15, 0.2) is 71.9 Å². The lowest BCUT2D eigenvalue weighted by molar-refractivity contribution is 0.318. The summed E-state index contributed by atoms with van der Waals surface area (Å²) in [6, 6.07) is 21.2. The number of benzene rings is 3. The van der Waals surface area contributed by atoms with Gasteiger partial charge >= 0.3 is 0 Å². The van der Waals surface area contributed by atoms with Crippen LogP contribution in [0.5, 0.6) is 5.75 Å². The molecule has 138 valence electrons. The topological polar surface area (TPSA) is 78.8 Å². The van der Waals surface area contributed by atoms with Crippen molar-refractivity contribution >= 4 is 5.84 Å². The Kier molecular flexibility index (Phi) is 5.77. The van der Waals surface area contributed by atoms with Crippen LogP contribution in [0.25, 0.3) is 22.3 Å². The van der Waals surface area contributed by atoms with Crippen molar-refractivity contribution in [2.45, 2.75) is 26.2 Å². The summed E-state index contributed by atoms with van der Waals surface area (Å²) in [6.07, 6.45) is 3.07. The maximum absolute atomic E-state index is 9.67. The third kappa shape index (κ3) is 4.11. The van der Waals surface area contributed by atoms with Gasteiger partial charge in [0.25, 0.3) is 0 Å². The number of amidine groups is 1. The molecule has 0 aliphatic heterocycles. The van der Waals surface area contributed by atoms with Crippen molar-refractivity contribution in [3.8, 4) is 28.0 Å². The fourth-order valence-electron chi connectivity index (χ4n) is 3.27. The molecule has 4 nitrogen and oxygen atoms in total. The lowest BCUT2D eigenvalue weighted by Gasteiger charge is -2.18. The zero-order valence-corrected chi connectivity index (χ0v) is 15.4. The Hall–Kier alpha value is -3.27. The summed E-state index contributed by atoms with van der Waals surface area (Å²) in [7, 11) is 0. The smallest absolute Gasteiger partial charge is 0.170 e. The predicted molar refractivity (Wildman–Crippen MR) is 110 cm³/mol. The predicted octanol–water partition coefficient (Wildman–Crippen LogP) is 5.16. The highest BCUT2D eigenvalue weighted by molar-refractivity contribution is 6.07. The number of hydrogen-bond acceptors (Lipinski definition) is 3. The molecule has 3 aromatic carbocycles. The number of unbranched alkanes of at least 4 members (excludes halogenated alkanes) is 1. The molecule has 0 bridgehead atoms. The Morgan fingerprint density at radius 2 is 1.67 bits per heavy atom. The van der Waals surface area contributed by atoms with Gasteiger partial charge in [0.1, 0.15) is 5.75 Å². The molecule has 0 fully saturated rings. The van der Waals surface area contributed by atoms with Crippen LogP contribution >= 0.6 is 0 Å². The van der Waals surface area contributed by atoms with Gasteiger partial charge in [-0.2, -0.15) is 0 Å². The van der Waals surface area contributed by atoms with Crippen LogP contribution in [0.1, 0.15) is 30.9 Å². The van der Waals surface area contributed by atoms with Crippen molar-refractivity contribution < 1.29 is 10.3 Å². The van der Waals surface area contributed by atoms with E-state index in [-0.39, 0.29) is 11.6 Å². The second kappa shape index (κ2) is 8.41. The number of hydrogen-bond donors (Lipinski definition) is 3.